The van der Waals surface area contributed by atoms with E-state index in [1.54, 1.807) is 0 Å². The number of nitrogen functional groups attached to an aromatic ring is 1. The van der Waals surface area contributed by atoms with Gasteiger partial charge in [-0.2, -0.15) is 0 Å². The maximum absolute atomic E-state index is 5.83. The lowest BCUT2D eigenvalue weighted by molar-refractivity contribution is 0.926. The largest absolute Gasteiger partial charge is 0.399 e. The van der Waals surface area contributed by atoms with Crippen molar-refractivity contribution in [2.75, 3.05) is 5.73 Å². The van der Waals surface area contributed by atoms with Gasteiger partial charge in [0.2, 0.25) is 0 Å². The second kappa shape index (κ2) is 4.76. The molecule has 96 valence electrons. The van der Waals surface area contributed by atoms with Crippen molar-refractivity contribution in [2.24, 2.45) is 0 Å². The van der Waals surface area contributed by atoms with E-state index in [1.807, 2.05) is 30.3 Å². The summed E-state index contributed by atoms with van der Waals surface area (Å²) in [5.41, 5.74) is 12.1. The normalized spacial score (nSPS) is 11.0. The fraction of sp³-hybridized carbons (Fsp3) is 0.188. The SMILES string of the molecule is CCCc1c[nH]c2ccc(-c3cccc(N)c3)nc12. The van der Waals surface area contributed by atoms with Crippen molar-refractivity contribution >= 4 is 16.7 Å². The van der Waals surface area contributed by atoms with Crippen molar-refractivity contribution in [3.05, 3.63) is 48.2 Å². The molecular formula is C16H17N3. The minimum atomic E-state index is 0.766. The van der Waals surface area contributed by atoms with Crippen LogP contribution in [0.25, 0.3) is 22.3 Å². The number of hydrogen-bond donors (Lipinski definition) is 2. The maximum atomic E-state index is 5.83. The first-order valence-electron chi connectivity index (χ1n) is 6.61. The summed E-state index contributed by atoms with van der Waals surface area (Å²) < 4.78 is 0. The van der Waals surface area contributed by atoms with Crippen LogP contribution in [0.3, 0.4) is 0 Å². The summed E-state index contributed by atoms with van der Waals surface area (Å²) in [5.74, 6) is 0. The molecule has 3 aromatic rings. The van der Waals surface area contributed by atoms with Gasteiger partial charge in [0.15, 0.2) is 0 Å². The number of nitrogens with zero attached hydrogens (tertiary/aromatic N) is 1. The number of fused-ring (bicyclic) bond motifs is 1. The third-order valence-electron chi connectivity index (χ3n) is 3.30. The van der Waals surface area contributed by atoms with Gasteiger partial charge in [-0.25, -0.2) is 4.98 Å². The molecular weight excluding hydrogens is 234 g/mol. The van der Waals surface area contributed by atoms with Gasteiger partial charge in [-0.1, -0.05) is 25.5 Å². The summed E-state index contributed by atoms with van der Waals surface area (Å²) in [6, 6.07) is 12.0. The molecule has 1 aromatic carbocycles. The molecule has 2 aromatic heterocycles. The van der Waals surface area contributed by atoms with Crippen LogP contribution in [0.4, 0.5) is 5.69 Å². The predicted molar refractivity (Wildman–Crippen MR) is 79.9 cm³/mol. The molecule has 0 atom stereocenters. The summed E-state index contributed by atoms with van der Waals surface area (Å²) in [5, 5.41) is 0. The molecule has 0 saturated heterocycles. The average Bonchev–Trinajstić information content (AvgIpc) is 2.82. The van der Waals surface area contributed by atoms with E-state index in [0.717, 1.165) is 40.8 Å². The zero-order valence-electron chi connectivity index (χ0n) is 11.0. The Morgan fingerprint density at radius 3 is 2.89 bits per heavy atom. The average molecular weight is 251 g/mol. The van der Waals surface area contributed by atoms with Gasteiger partial charge in [0.1, 0.15) is 0 Å². The summed E-state index contributed by atoms with van der Waals surface area (Å²) in [4.78, 5) is 8.05. The van der Waals surface area contributed by atoms with Crippen molar-refractivity contribution in [1.82, 2.24) is 9.97 Å². The second-order valence-electron chi connectivity index (χ2n) is 4.78. The van der Waals surface area contributed by atoms with Gasteiger partial charge in [0, 0.05) is 17.4 Å². The van der Waals surface area contributed by atoms with Crippen LogP contribution in [0.2, 0.25) is 0 Å². The predicted octanol–water partition coefficient (Wildman–Crippen LogP) is 3.76. The van der Waals surface area contributed by atoms with Crippen LogP contribution in [0.1, 0.15) is 18.9 Å². The van der Waals surface area contributed by atoms with Gasteiger partial charge < -0.3 is 10.7 Å². The highest BCUT2D eigenvalue weighted by atomic mass is 14.8. The van der Waals surface area contributed by atoms with E-state index in [9.17, 15) is 0 Å². The lowest BCUT2D eigenvalue weighted by Gasteiger charge is -2.03. The Labute approximate surface area is 112 Å². The number of aryl methyl sites for hydroxylation is 1. The standard InChI is InChI=1S/C16H17N3/c1-2-4-12-10-18-15-8-7-14(19-16(12)15)11-5-3-6-13(17)9-11/h3,5-10,18H,2,4,17H2,1H3. The van der Waals surface area contributed by atoms with Crippen LogP contribution in [0.5, 0.6) is 0 Å². The smallest absolute Gasteiger partial charge is 0.0918 e. The molecule has 0 aliphatic carbocycles. The van der Waals surface area contributed by atoms with Crippen LogP contribution < -0.4 is 5.73 Å². The van der Waals surface area contributed by atoms with Gasteiger partial charge in [-0.05, 0) is 36.2 Å². The number of nitrogens with one attached hydrogen (secondary N) is 1. The van der Waals surface area contributed by atoms with E-state index >= 15 is 0 Å². The van der Waals surface area contributed by atoms with Crippen molar-refractivity contribution < 1.29 is 0 Å². The van der Waals surface area contributed by atoms with Crippen LogP contribution >= 0.6 is 0 Å². The van der Waals surface area contributed by atoms with Gasteiger partial charge >= 0.3 is 0 Å². The van der Waals surface area contributed by atoms with Crippen molar-refractivity contribution in [3.8, 4) is 11.3 Å². The molecule has 0 spiro atoms. The Kier molecular flexibility index (Phi) is 2.95. The van der Waals surface area contributed by atoms with Crippen LogP contribution in [0.15, 0.2) is 42.6 Å². The zero-order chi connectivity index (χ0) is 13.2. The summed E-state index contributed by atoms with van der Waals surface area (Å²) in [6.07, 6.45) is 4.23. The lowest BCUT2D eigenvalue weighted by Crippen LogP contribution is -1.89. The first-order chi connectivity index (χ1) is 9.28. The maximum Gasteiger partial charge on any atom is 0.0918 e. The van der Waals surface area contributed by atoms with Crippen molar-refractivity contribution in [1.29, 1.82) is 0 Å². The number of rotatable bonds is 3. The van der Waals surface area contributed by atoms with Gasteiger partial charge in [-0.3, -0.25) is 0 Å². The topological polar surface area (TPSA) is 54.7 Å². The molecule has 3 rings (SSSR count). The number of H-pyrrole nitrogens is 1. The molecule has 3 nitrogen and oxygen atoms in total. The first-order valence-corrected chi connectivity index (χ1v) is 6.61. The Bertz CT molecular complexity index is 713. The minimum absolute atomic E-state index is 0.766. The molecule has 0 aliphatic rings. The molecule has 0 aliphatic heterocycles. The van der Waals surface area contributed by atoms with Crippen molar-refractivity contribution in [3.63, 3.8) is 0 Å². The monoisotopic (exact) mass is 251 g/mol. The molecule has 2 heterocycles. The van der Waals surface area contributed by atoms with E-state index in [0.29, 0.717) is 0 Å². The number of benzene rings is 1. The van der Waals surface area contributed by atoms with E-state index in [-0.39, 0.29) is 0 Å². The van der Waals surface area contributed by atoms with Crippen molar-refractivity contribution in [2.45, 2.75) is 19.8 Å². The quantitative estimate of drug-likeness (QED) is 0.696. The Morgan fingerprint density at radius 1 is 1.21 bits per heavy atom. The second-order valence-corrected chi connectivity index (χ2v) is 4.78. The van der Waals surface area contributed by atoms with Gasteiger partial charge in [0.05, 0.1) is 16.7 Å². The molecule has 19 heavy (non-hydrogen) atoms. The Hall–Kier alpha value is -2.29. The minimum Gasteiger partial charge on any atom is -0.399 e. The number of hydrogen-bond acceptors (Lipinski definition) is 2. The molecule has 0 radical (unpaired) electrons. The first kappa shape index (κ1) is 11.8. The Morgan fingerprint density at radius 2 is 2.11 bits per heavy atom. The highest BCUT2D eigenvalue weighted by Crippen LogP contribution is 2.24. The molecule has 0 bridgehead atoms. The third-order valence-corrected chi connectivity index (χ3v) is 3.30. The molecule has 0 amide bonds. The van der Waals surface area contributed by atoms with Crippen LogP contribution in [0, 0.1) is 0 Å². The number of aromatic nitrogens is 2. The fourth-order valence-corrected chi connectivity index (χ4v) is 2.37. The summed E-state index contributed by atoms with van der Waals surface area (Å²) in [7, 11) is 0. The van der Waals surface area contributed by atoms with Crippen LogP contribution in [-0.4, -0.2) is 9.97 Å². The fourth-order valence-electron chi connectivity index (χ4n) is 2.37. The van der Waals surface area contributed by atoms with Gasteiger partial charge in [-0.15, -0.1) is 0 Å². The summed E-state index contributed by atoms with van der Waals surface area (Å²) >= 11 is 0. The number of aromatic amines is 1. The van der Waals surface area contributed by atoms with E-state index in [4.69, 9.17) is 10.7 Å². The molecule has 0 saturated carbocycles. The number of pyridine rings is 1. The summed E-state index contributed by atoms with van der Waals surface area (Å²) in [6.45, 7) is 2.18. The van der Waals surface area contributed by atoms with E-state index < -0.39 is 0 Å². The molecule has 0 unspecified atom stereocenters. The third kappa shape index (κ3) is 2.19. The Balaban J connectivity index is 2.12. The van der Waals surface area contributed by atoms with E-state index in [1.165, 1.54) is 5.56 Å². The highest BCUT2D eigenvalue weighted by molar-refractivity contribution is 5.82. The van der Waals surface area contributed by atoms with E-state index in [2.05, 4.69) is 24.2 Å². The molecule has 0 fully saturated rings. The number of nitrogens with two attached hydrogens (primary N) is 1. The van der Waals surface area contributed by atoms with Crippen LogP contribution in [-0.2, 0) is 6.42 Å². The van der Waals surface area contributed by atoms with Gasteiger partial charge in [0.25, 0.3) is 0 Å². The molecule has 3 heteroatoms. The molecule has 3 N–H and O–H groups in total. The highest BCUT2D eigenvalue weighted by Gasteiger charge is 2.07. The number of anilines is 1. The lowest BCUT2D eigenvalue weighted by atomic mass is 10.1. The zero-order valence-corrected chi connectivity index (χ0v) is 11.0.